The molecule has 1 aromatic rings. The Labute approximate surface area is 113 Å². The molecule has 2 unspecified atom stereocenters. The Morgan fingerprint density at radius 3 is 2.95 bits per heavy atom. The molecule has 0 aliphatic heterocycles. The van der Waals surface area contributed by atoms with Crippen LogP contribution < -0.4 is 11.1 Å². The molecular formula is C14H19N5. The fourth-order valence-corrected chi connectivity index (χ4v) is 2.57. The third-order valence-corrected chi connectivity index (χ3v) is 3.63. The number of hydrogen-bond donors (Lipinski definition) is 3. The van der Waals surface area contributed by atoms with Crippen molar-refractivity contribution in [3.63, 3.8) is 0 Å². The summed E-state index contributed by atoms with van der Waals surface area (Å²) >= 11 is 0. The molecule has 1 aromatic heterocycles. The lowest BCUT2D eigenvalue weighted by atomic mass is 9.96. The van der Waals surface area contributed by atoms with Gasteiger partial charge in [0.2, 0.25) is 0 Å². The SMILES string of the molecule is N#CC1CCCCCC1Nc1ccncc1C(=N)N. The number of nitrogens with zero attached hydrogens (tertiary/aromatic N) is 2. The summed E-state index contributed by atoms with van der Waals surface area (Å²) < 4.78 is 0. The van der Waals surface area contributed by atoms with Crippen molar-refractivity contribution in [1.29, 1.82) is 10.7 Å². The summed E-state index contributed by atoms with van der Waals surface area (Å²) in [4.78, 5) is 3.99. The van der Waals surface area contributed by atoms with Crippen LogP contribution in [0.2, 0.25) is 0 Å². The van der Waals surface area contributed by atoms with Crippen molar-refractivity contribution in [3.05, 3.63) is 24.0 Å². The smallest absolute Gasteiger partial charge is 0.126 e. The van der Waals surface area contributed by atoms with E-state index in [2.05, 4.69) is 16.4 Å². The molecule has 5 nitrogen and oxygen atoms in total. The monoisotopic (exact) mass is 257 g/mol. The summed E-state index contributed by atoms with van der Waals surface area (Å²) in [5, 5.41) is 20.2. The molecule has 1 aliphatic rings. The minimum Gasteiger partial charge on any atom is -0.384 e. The molecule has 5 heteroatoms. The second-order valence-corrected chi connectivity index (χ2v) is 4.96. The van der Waals surface area contributed by atoms with Gasteiger partial charge in [-0.3, -0.25) is 10.4 Å². The molecule has 0 saturated heterocycles. The van der Waals surface area contributed by atoms with Gasteiger partial charge in [0.1, 0.15) is 5.84 Å². The van der Waals surface area contributed by atoms with E-state index in [0.29, 0.717) is 5.56 Å². The molecule has 19 heavy (non-hydrogen) atoms. The summed E-state index contributed by atoms with van der Waals surface area (Å²) in [6.45, 7) is 0. The number of nitrogens with two attached hydrogens (primary N) is 1. The summed E-state index contributed by atoms with van der Waals surface area (Å²) in [7, 11) is 0. The highest BCUT2D eigenvalue weighted by Crippen LogP contribution is 2.26. The van der Waals surface area contributed by atoms with Crippen molar-refractivity contribution in [2.75, 3.05) is 5.32 Å². The number of hydrogen-bond acceptors (Lipinski definition) is 4. The van der Waals surface area contributed by atoms with Crippen LogP contribution in [0.4, 0.5) is 5.69 Å². The van der Waals surface area contributed by atoms with E-state index >= 15 is 0 Å². The Balaban J connectivity index is 2.19. The Bertz CT molecular complexity index is 491. The van der Waals surface area contributed by atoms with Crippen molar-refractivity contribution in [2.45, 2.75) is 38.1 Å². The van der Waals surface area contributed by atoms with Crippen molar-refractivity contribution < 1.29 is 0 Å². The third kappa shape index (κ3) is 3.22. The lowest BCUT2D eigenvalue weighted by Gasteiger charge is -2.23. The van der Waals surface area contributed by atoms with Gasteiger partial charge in [-0.2, -0.15) is 5.26 Å². The largest absolute Gasteiger partial charge is 0.384 e. The maximum Gasteiger partial charge on any atom is 0.126 e. The van der Waals surface area contributed by atoms with Gasteiger partial charge in [0.15, 0.2) is 0 Å². The highest BCUT2D eigenvalue weighted by Gasteiger charge is 2.24. The van der Waals surface area contributed by atoms with Crippen LogP contribution in [-0.2, 0) is 0 Å². The molecule has 0 bridgehead atoms. The predicted molar refractivity (Wildman–Crippen MR) is 74.9 cm³/mol. The van der Waals surface area contributed by atoms with Gasteiger partial charge >= 0.3 is 0 Å². The molecule has 0 amide bonds. The van der Waals surface area contributed by atoms with E-state index in [1.807, 2.05) is 6.07 Å². The van der Waals surface area contributed by atoms with E-state index in [1.54, 1.807) is 12.4 Å². The van der Waals surface area contributed by atoms with E-state index in [1.165, 1.54) is 6.42 Å². The molecule has 1 saturated carbocycles. The second-order valence-electron chi connectivity index (χ2n) is 4.96. The Hall–Kier alpha value is -2.09. The van der Waals surface area contributed by atoms with Gasteiger partial charge in [0.25, 0.3) is 0 Å². The number of rotatable bonds is 3. The van der Waals surface area contributed by atoms with Gasteiger partial charge in [-0.05, 0) is 18.9 Å². The van der Waals surface area contributed by atoms with Crippen LogP contribution >= 0.6 is 0 Å². The fourth-order valence-electron chi connectivity index (χ4n) is 2.57. The number of nitrogen functional groups attached to an aromatic ring is 1. The normalized spacial score (nSPS) is 23.1. The Kier molecular flexibility index (Phi) is 4.35. The van der Waals surface area contributed by atoms with Crippen molar-refractivity contribution in [3.8, 4) is 6.07 Å². The first-order chi connectivity index (χ1) is 9.22. The molecular weight excluding hydrogens is 238 g/mol. The van der Waals surface area contributed by atoms with Gasteiger partial charge in [-0.25, -0.2) is 0 Å². The first kappa shape index (κ1) is 13.3. The number of aromatic nitrogens is 1. The zero-order valence-corrected chi connectivity index (χ0v) is 10.9. The number of anilines is 1. The molecule has 1 aliphatic carbocycles. The predicted octanol–water partition coefficient (Wildman–Crippen LogP) is 2.25. The van der Waals surface area contributed by atoms with Crippen LogP contribution in [0.25, 0.3) is 0 Å². The molecule has 0 spiro atoms. The van der Waals surface area contributed by atoms with Gasteiger partial charge in [0.05, 0.1) is 17.6 Å². The summed E-state index contributed by atoms with van der Waals surface area (Å²) in [6, 6.07) is 4.35. The van der Waals surface area contributed by atoms with Crippen LogP contribution in [0, 0.1) is 22.7 Å². The van der Waals surface area contributed by atoms with E-state index in [4.69, 9.17) is 11.1 Å². The number of nitriles is 1. The molecule has 1 heterocycles. The molecule has 2 atom stereocenters. The van der Waals surface area contributed by atoms with E-state index in [0.717, 1.165) is 31.4 Å². The molecule has 4 N–H and O–H groups in total. The highest BCUT2D eigenvalue weighted by molar-refractivity contribution is 5.99. The Morgan fingerprint density at radius 1 is 1.42 bits per heavy atom. The van der Waals surface area contributed by atoms with Gasteiger partial charge < -0.3 is 11.1 Å². The Morgan fingerprint density at radius 2 is 2.21 bits per heavy atom. The molecule has 2 rings (SSSR count). The highest BCUT2D eigenvalue weighted by atomic mass is 14.9. The average Bonchev–Trinajstić information content (AvgIpc) is 2.64. The van der Waals surface area contributed by atoms with Crippen LogP contribution in [0.15, 0.2) is 18.5 Å². The van der Waals surface area contributed by atoms with Crippen LogP contribution in [0.3, 0.4) is 0 Å². The van der Waals surface area contributed by atoms with Gasteiger partial charge in [0, 0.05) is 24.1 Å². The van der Waals surface area contributed by atoms with Crippen LogP contribution in [0.5, 0.6) is 0 Å². The van der Waals surface area contributed by atoms with E-state index in [9.17, 15) is 5.26 Å². The minimum absolute atomic E-state index is 0.00210. The molecule has 0 aromatic carbocycles. The number of nitrogens with one attached hydrogen (secondary N) is 2. The zero-order valence-electron chi connectivity index (χ0n) is 10.9. The van der Waals surface area contributed by atoms with Crippen LogP contribution in [-0.4, -0.2) is 16.9 Å². The third-order valence-electron chi connectivity index (χ3n) is 3.63. The maximum absolute atomic E-state index is 9.27. The van der Waals surface area contributed by atoms with Crippen LogP contribution in [0.1, 0.15) is 37.7 Å². The van der Waals surface area contributed by atoms with Gasteiger partial charge in [-0.1, -0.05) is 19.3 Å². The zero-order chi connectivity index (χ0) is 13.7. The summed E-state index contributed by atoms with van der Waals surface area (Å²) in [5.41, 5.74) is 6.96. The summed E-state index contributed by atoms with van der Waals surface area (Å²) in [5.74, 6) is 0.0215. The van der Waals surface area contributed by atoms with E-state index in [-0.39, 0.29) is 17.8 Å². The standard InChI is InChI=1S/C14H19N5/c15-8-10-4-2-1-3-5-12(10)19-13-6-7-18-9-11(13)14(16)17/h6-7,9-10,12H,1-5H2,(H3,16,17)(H,18,19). The second kappa shape index (κ2) is 6.19. The van der Waals surface area contributed by atoms with Crippen molar-refractivity contribution in [2.24, 2.45) is 11.7 Å². The fraction of sp³-hybridized carbons (Fsp3) is 0.500. The van der Waals surface area contributed by atoms with E-state index < -0.39 is 0 Å². The topological polar surface area (TPSA) is 98.6 Å². The average molecular weight is 257 g/mol. The molecule has 100 valence electrons. The molecule has 1 fully saturated rings. The lowest BCUT2D eigenvalue weighted by molar-refractivity contribution is 0.514. The first-order valence-corrected chi connectivity index (χ1v) is 6.67. The van der Waals surface area contributed by atoms with Crippen molar-refractivity contribution in [1.82, 2.24) is 4.98 Å². The first-order valence-electron chi connectivity index (χ1n) is 6.67. The molecule has 0 radical (unpaired) electrons. The van der Waals surface area contributed by atoms with Gasteiger partial charge in [-0.15, -0.1) is 0 Å². The lowest BCUT2D eigenvalue weighted by Crippen LogP contribution is -2.28. The number of pyridine rings is 1. The maximum atomic E-state index is 9.27. The quantitative estimate of drug-likeness (QED) is 0.439. The minimum atomic E-state index is -0.00210. The number of amidine groups is 1. The summed E-state index contributed by atoms with van der Waals surface area (Å²) in [6.07, 6.45) is 8.62. The van der Waals surface area contributed by atoms with Crippen molar-refractivity contribution >= 4 is 11.5 Å².